The Morgan fingerprint density at radius 3 is 1.94 bits per heavy atom. The third-order valence-electron chi connectivity index (χ3n) is 5.21. The molecule has 0 saturated heterocycles. The van der Waals surface area contributed by atoms with Crippen LogP contribution in [0.5, 0.6) is 5.75 Å². The first kappa shape index (κ1) is 23.7. The molecule has 0 heterocycles. The fourth-order valence-corrected chi connectivity index (χ4v) is 3.38. The van der Waals surface area contributed by atoms with Crippen LogP contribution in [-0.4, -0.2) is 17.7 Å². The molecule has 0 saturated carbocycles. The first-order chi connectivity index (χ1) is 15.8. The van der Waals surface area contributed by atoms with E-state index in [0.717, 1.165) is 5.56 Å². The third-order valence-corrected chi connectivity index (χ3v) is 5.21. The molecule has 0 spiro atoms. The Balaban J connectivity index is 1.69. The van der Waals surface area contributed by atoms with Crippen molar-refractivity contribution in [2.45, 2.75) is 26.4 Å². The first-order valence-corrected chi connectivity index (χ1v) is 10.7. The van der Waals surface area contributed by atoms with Crippen molar-refractivity contribution in [2.75, 3.05) is 0 Å². The van der Waals surface area contributed by atoms with Crippen LogP contribution in [0.15, 0.2) is 97.1 Å². The van der Waals surface area contributed by atoms with E-state index in [1.807, 2.05) is 43.3 Å². The maximum absolute atomic E-state index is 12.5. The number of allylic oxidation sites excluding steroid dienone is 1. The molecule has 5 heteroatoms. The lowest BCUT2D eigenvalue weighted by atomic mass is 9.91. The molecule has 0 fully saturated rings. The smallest absolute Gasteiger partial charge is 0.425 e. The fourth-order valence-electron chi connectivity index (χ4n) is 3.38. The molecule has 0 aromatic heterocycles. The molecule has 33 heavy (non-hydrogen) atoms. The molecular weight excluding hydrogens is 416 g/mol. The Morgan fingerprint density at radius 1 is 0.818 bits per heavy atom. The van der Waals surface area contributed by atoms with Crippen LogP contribution in [0.1, 0.15) is 47.9 Å². The van der Waals surface area contributed by atoms with Gasteiger partial charge in [0.05, 0.1) is 0 Å². The monoisotopic (exact) mass is 442 g/mol. The lowest BCUT2D eigenvalue weighted by Gasteiger charge is -2.24. The molecule has 0 aliphatic carbocycles. The van der Waals surface area contributed by atoms with E-state index in [1.54, 1.807) is 55.5 Å². The van der Waals surface area contributed by atoms with Gasteiger partial charge in [-0.2, -0.15) is 0 Å². The number of carbonyl (C=O) groups is 3. The summed E-state index contributed by atoms with van der Waals surface area (Å²) in [6, 6.07) is 24.4. The molecule has 2 unspecified atom stereocenters. The summed E-state index contributed by atoms with van der Waals surface area (Å²) in [6.07, 6.45) is -1.36. The second-order valence-corrected chi connectivity index (χ2v) is 7.91. The molecule has 2 atom stereocenters. The van der Waals surface area contributed by atoms with Crippen molar-refractivity contribution in [3.05, 3.63) is 114 Å². The number of hydrogen-bond acceptors (Lipinski definition) is 5. The van der Waals surface area contributed by atoms with Crippen LogP contribution in [0.2, 0.25) is 0 Å². The van der Waals surface area contributed by atoms with Gasteiger partial charge in [0.25, 0.3) is 0 Å². The zero-order valence-electron chi connectivity index (χ0n) is 18.7. The number of Topliss-reactive ketones (excluding diaryl/α,β-unsaturated/α-hetero) is 1. The van der Waals surface area contributed by atoms with E-state index in [2.05, 4.69) is 6.58 Å². The first-order valence-electron chi connectivity index (χ1n) is 10.7. The number of ether oxygens (including phenoxy) is 2. The molecule has 0 amide bonds. The standard InChI is InChI=1S/C28H26O5/c1-19(2)25(29)18-20(3)27(23-12-8-5-9-13-23)33-28(31)32-24-16-14-22(15-17-24)26(30)21-10-6-4-7-11-21/h4-17,20,27H,1,18H2,2-3H3. The molecule has 3 aromatic carbocycles. The molecule has 0 radical (unpaired) electrons. The Bertz CT molecular complexity index is 1120. The molecule has 5 nitrogen and oxygen atoms in total. The van der Waals surface area contributed by atoms with Crippen LogP contribution in [0.25, 0.3) is 0 Å². The van der Waals surface area contributed by atoms with E-state index in [4.69, 9.17) is 9.47 Å². The molecule has 3 aromatic rings. The van der Waals surface area contributed by atoms with Crippen LogP contribution >= 0.6 is 0 Å². The van der Waals surface area contributed by atoms with E-state index < -0.39 is 12.3 Å². The number of benzene rings is 3. The topological polar surface area (TPSA) is 69.7 Å². The molecule has 0 N–H and O–H groups in total. The summed E-state index contributed by atoms with van der Waals surface area (Å²) < 4.78 is 11.0. The predicted octanol–water partition coefficient (Wildman–Crippen LogP) is 6.35. The van der Waals surface area contributed by atoms with Gasteiger partial charge in [0.1, 0.15) is 11.9 Å². The van der Waals surface area contributed by atoms with Crippen LogP contribution in [0.3, 0.4) is 0 Å². The summed E-state index contributed by atoms with van der Waals surface area (Å²) in [5.41, 5.74) is 2.28. The lowest BCUT2D eigenvalue weighted by molar-refractivity contribution is -0.117. The molecule has 0 aliphatic rings. The Morgan fingerprint density at radius 2 is 1.36 bits per heavy atom. The van der Waals surface area contributed by atoms with Gasteiger partial charge in [-0.1, -0.05) is 74.2 Å². The summed E-state index contributed by atoms with van der Waals surface area (Å²) >= 11 is 0. The van der Waals surface area contributed by atoms with Crippen LogP contribution in [0, 0.1) is 5.92 Å². The van der Waals surface area contributed by atoms with E-state index >= 15 is 0 Å². The van der Waals surface area contributed by atoms with Gasteiger partial charge in [-0.3, -0.25) is 9.59 Å². The van der Waals surface area contributed by atoms with Gasteiger partial charge >= 0.3 is 6.16 Å². The quantitative estimate of drug-likeness (QED) is 0.167. The highest BCUT2D eigenvalue weighted by Crippen LogP contribution is 2.30. The Hall–Kier alpha value is -3.99. The summed E-state index contributed by atoms with van der Waals surface area (Å²) in [5, 5.41) is 0. The largest absolute Gasteiger partial charge is 0.514 e. The predicted molar refractivity (Wildman–Crippen MR) is 126 cm³/mol. The number of carbonyl (C=O) groups excluding carboxylic acids is 3. The molecule has 0 bridgehead atoms. The average Bonchev–Trinajstić information content (AvgIpc) is 2.83. The highest BCUT2D eigenvalue weighted by atomic mass is 16.7. The van der Waals surface area contributed by atoms with E-state index in [9.17, 15) is 14.4 Å². The van der Waals surface area contributed by atoms with Gasteiger partial charge in [-0.15, -0.1) is 0 Å². The SMILES string of the molecule is C=C(C)C(=O)CC(C)C(OC(=O)Oc1ccc(C(=O)c2ccccc2)cc1)c1ccccc1. The maximum atomic E-state index is 12.5. The van der Waals surface area contributed by atoms with Crippen molar-refractivity contribution >= 4 is 17.7 Å². The van der Waals surface area contributed by atoms with Crippen molar-refractivity contribution in [1.29, 1.82) is 0 Å². The van der Waals surface area contributed by atoms with Gasteiger partial charge < -0.3 is 9.47 Å². The van der Waals surface area contributed by atoms with Crippen LogP contribution in [0.4, 0.5) is 4.79 Å². The molecule has 3 rings (SSSR count). The van der Waals surface area contributed by atoms with Gasteiger partial charge in [-0.05, 0) is 42.3 Å². The van der Waals surface area contributed by atoms with Crippen molar-refractivity contribution in [1.82, 2.24) is 0 Å². The van der Waals surface area contributed by atoms with E-state index in [1.165, 1.54) is 0 Å². The van der Waals surface area contributed by atoms with Crippen molar-refractivity contribution in [3.63, 3.8) is 0 Å². The average molecular weight is 443 g/mol. The highest BCUT2D eigenvalue weighted by Gasteiger charge is 2.26. The van der Waals surface area contributed by atoms with Gasteiger partial charge in [0.2, 0.25) is 0 Å². The minimum absolute atomic E-state index is 0.0842. The zero-order chi connectivity index (χ0) is 23.8. The normalized spacial score (nSPS) is 12.3. The lowest BCUT2D eigenvalue weighted by Crippen LogP contribution is -2.22. The number of hydrogen-bond donors (Lipinski definition) is 0. The second-order valence-electron chi connectivity index (χ2n) is 7.91. The zero-order valence-corrected chi connectivity index (χ0v) is 18.7. The Labute approximate surface area is 193 Å². The maximum Gasteiger partial charge on any atom is 0.514 e. The van der Waals surface area contributed by atoms with E-state index in [-0.39, 0.29) is 29.7 Å². The number of rotatable bonds is 9. The summed E-state index contributed by atoms with van der Waals surface area (Å²) in [6.45, 7) is 7.19. The highest BCUT2D eigenvalue weighted by molar-refractivity contribution is 6.09. The third kappa shape index (κ3) is 6.50. The van der Waals surface area contributed by atoms with Crippen LogP contribution < -0.4 is 4.74 Å². The van der Waals surface area contributed by atoms with Crippen molar-refractivity contribution in [2.24, 2.45) is 5.92 Å². The summed E-state index contributed by atoms with van der Waals surface area (Å²) in [7, 11) is 0. The van der Waals surface area contributed by atoms with Crippen molar-refractivity contribution < 1.29 is 23.9 Å². The van der Waals surface area contributed by atoms with Gasteiger partial charge in [-0.25, -0.2) is 4.79 Å². The molecular formula is C28H26O5. The summed E-state index contributed by atoms with van der Waals surface area (Å²) in [5.74, 6) is -0.235. The van der Waals surface area contributed by atoms with Gasteiger partial charge in [0, 0.05) is 23.5 Å². The number of ketones is 2. The van der Waals surface area contributed by atoms with Gasteiger partial charge in [0.15, 0.2) is 11.6 Å². The van der Waals surface area contributed by atoms with Crippen LogP contribution in [-0.2, 0) is 9.53 Å². The van der Waals surface area contributed by atoms with E-state index in [0.29, 0.717) is 16.7 Å². The molecule has 168 valence electrons. The minimum atomic E-state index is -0.888. The Kier molecular flexibility index (Phi) is 7.92. The second kappa shape index (κ2) is 11.0. The summed E-state index contributed by atoms with van der Waals surface area (Å²) in [4.78, 5) is 37.2. The molecule has 0 aliphatic heterocycles. The fraction of sp³-hybridized carbons (Fsp3) is 0.179. The minimum Gasteiger partial charge on any atom is -0.425 e. The van der Waals surface area contributed by atoms with Crippen molar-refractivity contribution in [3.8, 4) is 5.75 Å².